The number of thiophene rings is 1. The zero-order valence-electron chi connectivity index (χ0n) is 10.6. The van der Waals surface area contributed by atoms with Gasteiger partial charge in [0.1, 0.15) is 5.52 Å². The van der Waals surface area contributed by atoms with E-state index in [-0.39, 0.29) is 0 Å². The molecule has 0 aromatic carbocycles. The molecule has 98 valence electrons. The van der Waals surface area contributed by atoms with E-state index >= 15 is 0 Å². The normalized spacial score (nSPS) is 11.3. The molecule has 0 bridgehead atoms. The van der Waals surface area contributed by atoms with Crippen LogP contribution in [0.4, 0.5) is 5.95 Å². The van der Waals surface area contributed by atoms with Gasteiger partial charge in [-0.3, -0.25) is 4.57 Å². The van der Waals surface area contributed by atoms with E-state index in [1.165, 1.54) is 15.3 Å². The van der Waals surface area contributed by atoms with Crippen LogP contribution in [0.5, 0.6) is 0 Å². The summed E-state index contributed by atoms with van der Waals surface area (Å²) in [5.74, 6) is 0.504. The average molecular weight is 337 g/mol. The van der Waals surface area contributed by atoms with Gasteiger partial charge < -0.3 is 5.73 Å². The van der Waals surface area contributed by atoms with Crippen LogP contribution >= 0.6 is 27.3 Å². The minimum absolute atomic E-state index is 0.504. The van der Waals surface area contributed by atoms with Crippen molar-refractivity contribution in [2.45, 2.75) is 20.4 Å². The molecule has 0 aliphatic carbocycles. The van der Waals surface area contributed by atoms with E-state index in [2.05, 4.69) is 45.8 Å². The number of nitrogens with two attached hydrogens (primary N) is 1. The summed E-state index contributed by atoms with van der Waals surface area (Å²) in [7, 11) is 0. The maximum Gasteiger partial charge on any atom is 0.202 e. The van der Waals surface area contributed by atoms with Gasteiger partial charge in [0, 0.05) is 20.4 Å². The van der Waals surface area contributed by atoms with Crippen molar-refractivity contribution in [3.05, 3.63) is 38.1 Å². The molecule has 0 saturated carbocycles. The van der Waals surface area contributed by atoms with Crippen LogP contribution < -0.4 is 5.73 Å². The molecule has 0 aliphatic heterocycles. The number of hydrogen-bond donors (Lipinski definition) is 1. The Morgan fingerprint density at radius 2 is 2.16 bits per heavy atom. The van der Waals surface area contributed by atoms with Crippen LogP contribution in [0.3, 0.4) is 0 Å². The van der Waals surface area contributed by atoms with E-state index in [0.717, 1.165) is 22.2 Å². The number of imidazole rings is 1. The topological polar surface area (TPSA) is 56.7 Å². The molecule has 0 fully saturated rings. The smallest absolute Gasteiger partial charge is 0.202 e. The first-order valence-electron chi connectivity index (χ1n) is 5.88. The van der Waals surface area contributed by atoms with Crippen LogP contribution in [0.1, 0.15) is 15.3 Å². The molecule has 3 heterocycles. The monoisotopic (exact) mass is 336 g/mol. The molecule has 19 heavy (non-hydrogen) atoms. The highest BCUT2D eigenvalue weighted by Gasteiger charge is 2.11. The molecule has 3 aromatic heterocycles. The van der Waals surface area contributed by atoms with Crippen LogP contribution in [0, 0.1) is 13.8 Å². The Kier molecular flexibility index (Phi) is 3.06. The van der Waals surface area contributed by atoms with E-state index in [1.807, 2.05) is 10.6 Å². The fraction of sp³-hybridized carbons (Fsp3) is 0.231. The van der Waals surface area contributed by atoms with Crippen molar-refractivity contribution < 1.29 is 0 Å². The van der Waals surface area contributed by atoms with Crippen molar-refractivity contribution in [2.75, 3.05) is 5.73 Å². The molecule has 6 heteroatoms. The molecule has 3 rings (SSSR count). The fourth-order valence-electron chi connectivity index (χ4n) is 2.04. The van der Waals surface area contributed by atoms with Gasteiger partial charge in [0.25, 0.3) is 0 Å². The number of fused-ring (bicyclic) bond motifs is 1. The van der Waals surface area contributed by atoms with E-state index in [0.29, 0.717) is 5.95 Å². The number of nitrogens with zero attached hydrogens (tertiary/aromatic N) is 3. The van der Waals surface area contributed by atoms with Crippen molar-refractivity contribution in [2.24, 2.45) is 0 Å². The second kappa shape index (κ2) is 4.61. The van der Waals surface area contributed by atoms with Gasteiger partial charge in [-0.25, -0.2) is 9.97 Å². The summed E-state index contributed by atoms with van der Waals surface area (Å²) in [4.78, 5) is 11.4. The third kappa shape index (κ3) is 2.26. The lowest BCUT2D eigenvalue weighted by Crippen LogP contribution is -2.04. The Balaban J connectivity index is 2.07. The molecule has 3 aromatic rings. The van der Waals surface area contributed by atoms with Gasteiger partial charge in [0.2, 0.25) is 5.95 Å². The summed E-state index contributed by atoms with van der Waals surface area (Å²) in [6.45, 7) is 4.98. The van der Waals surface area contributed by atoms with Gasteiger partial charge in [-0.05, 0) is 47.5 Å². The average Bonchev–Trinajstić information content (AvgIpc) is 2.81. The number of nitrogen functional groups attached to an aromatic ring is 1. The number of halogens is 1. The summed E-state index contributed by atoms with van der Waals surface area (Å²) in [6, 6.07) is 4.13. The predicted molar refractivity (Wildman–Crippen MR) is 82.5 cm³/mol. The fourth-order valence-corrected chi connectivity index (χ4v) is 3.40. The first-order valence-corrected chi connectivity index (χ1v) is 7.48. The summed E-state index contributed by atoms with van der Waals surface area (Å²) >= 11 is 5.19. The van der Waals surface area contributed by atoms with Crippen LogP contribution in [0.2, 0.25) is 0 Å². The molecule has 2 N–H and O–H groups in total. The molecule has 0 unspecified atom stereocenters. The van der Waals surface area contributed by atoms with Crippen LogP contribution in [0.25, 0.3) is 11.2 Å². The van der Waals surface area contributed by atoms with Crippen molar-refractivity contribution in [3.8, 4) is 0 Å². The maximum absolute atomic E-state index is 6.00. The van der Waals surface area contributed by atoms with Crippen molar-refractivity contribution in [3.63, 3.8) is 0 Å². The highest BCUT2D eigenvalue weighted by Crippen LogP contribution is 2.25. The lowest BCUT2D eigenvalue weighted by molar-refractivity contribution is 0.841. The summed E-state index contributed by atoms with van der Waals surface area (Å²) in [5, 5.41) is 0. The number of hydrogen-bond acceptors (Lipinski definition) is 4. The van der Waals surface area contributed by atoms with Crippen LogP contribution in [-0.4, -0.2) is 14.5 Å². The quantitative estimate of drug-likeness (QED) is 0.779. The Morgan fingerprint density at radius 3 is 2.84 bits per heavy atom. The van der Waals surface area contributed by atoms with Gasteiger partial charge >= 0.3 is 0 Å². The number of pyridine rings is 1. The van der Waals surface area contributed by atoms with Crippen LogP contribution in [0.15, 0.2) is 22.8 Å². The third-order valence-electron chi connectivity index (χ3n) is 3.11. The number of aryl methyl sites for hydroxylation is 2. The second-order valence-electron chi connectivity index (χ2n) is 4.50. The van der Waals surface area contributed by atoms with E-state index in [9.17, 15) is 0 Å². The number of anilines is 1. The van der Waals surface area contributed by atoms with Gasteiger partial charge in [0.15, 0.2) is 5.65 Å². The molecule has 0 atom stereocenters. The molecule has 0 saturated heterocycles. The number of aromatic nitrogens is 3. The number of rotatable bonds is 2. The summed E-state index contributed by atoms with van der Waals surface area (Å²) < 4.78 is 2.86. The molecule has 0 radical (unpaired) electrons. The Bertz CT molecular complexity index is 740. The van der Waals surface area contributed by atoms with E-state index in [1.54, 1.807) is 17.5 Å². The van der Waals surface area contributed by atoms with Gasteiger partial charge in [-0.15, -0.1) is 11.3 Å². The standard InChI is InChI=1S/C13H13BrN4S/c1-7-3-10(19-8(7)2)6-18-12-11(17-13(18)15)4-9(14)5-16-12/h3-5H,6H2,1-2H3,(H2,15,17). The van der Waals surface area contributed by atoms with Crippen molar-refractivity contribution in [1.29, 1.82) is 0 Å². The third-order valence-corrected chi connectivity index (χ3v) is 4.68. The molecule has 0 amide bonds. The molecule has 0 spiro atoms. The summed E-state index contributed by atoms with van der Waals surface area (Å²) in [6.07, 6.45) is 1.77. The lowest BCUT2D eigenvalue weighted by atomic mass is 10.3. The SMILES string of the molecule is Cc1cc(Cn2c(N)nc3cc(Br)cnc32)sc1C. The largest absolute Gasteiger partial charge is 0.369 e. The van der Waals surface area contributed by atoms with Crippen molar-refractivity contribution >= 4 is 44.4 Å². The molecule has 0 aliphatic rings. The first kappa shape index (κ1) is 12.6. The Labute approximate surface area is 123 Å². The maximum atomic E-state index is 6.00. The minimum atomic E-state index is 0.504. The highest BCUT2D eigenvalue weighted by molar-refractivity contribution is 9.10. The lowest BCUT2D eigenvalue weighted by Gasteiger charge is -2.03. The Hall–Kier alpha value is -1.40. The predicted octanol–water partition coefficient (Wildman–Crippen LogP) is 3.50. The van der Waals surface area contributed by atoms with E-state index < -0.39 is 0 Å². The van der Waals surface area contributed by atoms with Gasteiger partial charge in [-0.1, -0.05) is 0 Å². The highest BCUT2D eigenvalue weighted by atomic mass is 79.9. The zero-order chi connectivity index (χ0) is 13.6. The van der Waals surface area contributed by atoms with Crippen molar-refractivity contribution in [1.82, 2.24) is 14.5 Å². The molecule has 4 nitrogen and oxygen atoms in total. The van der Waals surface area contributed by atoms with Gasteiger partial charge in [0.05, 0.1) is 6.54 Å². The first-order chi connectivity index (χ1) is 9.04. The minimum Gasteiger partial charge on any atom is -0.369 e. The summed E-state index contributed by atoms with van der Waals surface area (Å²) in [5.41, 5.74) is 8.96. The zero-order valence-corrected chi connectivity index (χ0v) is 13.0. The molecular weight excluding hydrogens is 324 g/mol. The van der Waals surface area contributed by atoms with Gasteiger partial charge in [-0.2, -0.15) is 0 Å². The Morgan fingerprint density at radius 1 is 1.37 bits per heavy atom. The molecular formula is C13H13BrN4S. The van der Waals surface area contributed by atoms with E-state index in [4.69, 9.17) is 5.73 Å². The second-order valence-corrected chi connectivity index (χ2v) is 6.76. The van der Waals surface area contributed by atoms with Crippen LogP contribution in [-0.2, 0) is 6.54 Å².